The molecule has 0 amide bonds. The molecule has 0 aromatic rings. The number of fused-ring (bicyclic) bond motifs is 1. The Hall–Kier alpha value is -0.370. The molecule has 2 rings (SSSR count). The molecule has 2 fully saturated rings. The lowest BCUT2D eigenvalue weighted by molar-refractivity contribution is -0.117. The summed E-state index contributed by atoms with van der Waals surface area (Å²) in [5, 5.41) is 0. The lowest BCUT2D eigenvalue weighted by Crippen LogP contribution is -2.43. The van der Waals surface area contributed by atoms with Gasteiger partial charge in [0.25, 0.3) is 0 Å². The lowest BCUT2D eigenvalue weighted by atomic mass is 9.80. The topological polar surface area (TPSA) is 20.3 Å². The van der Waals surface area contributed by atoms with E-state index in [-0.39, 0.29) is 5.54 Å². The van der Waals surface area contributed by atoms with Crippen molar-refractivity contribution in [2.75, 3.05) is 13.1 Å². The second kappa shape index (κ2) is 3.09. The predicted molar refractivity (Wildman–Crippen MR) is 52.6 cm³/mol. The van der Waals surface area contributed by atoms with E-state index in [1.807, 2.05) is 0 Å². The van der Waals surface area contributed by atoms with Gasteiger partial charge in [0.2, 0.25) is 0 Å². The third-order valence-corrected chi connectivity index (χ3v) is 4.07. The fourth-order valence-electron chi connectivity index (χ4n) is 3.12. The molecule has 74 valence electrons. The first kappa shape index (κ1) is 9.20. The van der Waals surface area contributed by atoms with Gasteiger partial charge in [-0.25, -0.2) is 0 Å². The second-order valence-corrected chi connectivity index (χ2v) is 4.65. The Balaban J connectivity index is 2.22. The van der Waals surface area contributed by atoms with Crippen molar-refractivity contribution in [2.24, 2.45) is 5.92 Å². The van der Waals surface area contributed by atoms with Crippen LogP contribution in [0, 0.1) is 5.92 Å². The first-order valence-electron chi connectivity index (χ1n) is 5.46. The van der Waals surface area contributed by atoms with Crippen LogP contribution >= 0.6 is 0 Å². The van der Waals surface area contributed by atoms with E-state index >= 15 is 0 Å². The van der Waals surface area contributed by atoms with Crippen LogP contribution in [0.25, 0.3) is 0 Å². The van der Waals surface area contributed by atoms with Gasteiger partial charge in [0.1, 0.15) is 5.78 Å². The molecule has 0 bridgehead atoms. The molecular formula is C11H19NO. The first-order valence-corrected chi connectivity index (χ1v) is 5.46. The number of Topliss-reactive ketones (excluding diaryl/α,β-unsaturated/α-hetero) is 1. The molecule has 2 saturated heterocycles. The van der Waals surface area contributed by atoms with Gasteiger partial charge in [-0.2, -0.15) is 0 Å². The largest absolute Gasteiger partial charge is 0.298 e. The predicted octanol–water partition coefficient (Wildman–Crippen LogP) is 1.84. The molecular weight excluding hydrogens is 162 g/mol. The zero-order valence-corrected chi connectivity index (χ0v) is 8.68. The van der Waals surface area contributed by atoms with Crippen LogP contribution in [0.15, 0.2) is 0 Å². The highest BCUT2D eigenvalue weighted by molar-refractivity contribution is 5.84. The van der Waals surface area contributed by atoms with E-state index in [0.717, 1.165) is 19.5 Å². The monoisotopic (exact) mass is 181 g/mol. The third kappa shape index (κ3) is 1.23. The summed E-state index contributed by atoms with van der Waals surface area (Å²) in [5.74, 6) is 1.14. The molecule has 2 aliphatic heterocycles. The highest BCUT2D eigenvalue weighted by Crippen LogP contribution is 2.43. The van der Waals surface area contributed by atoms with E-state index in [2.05, 4.69) is 18.7 Å². The van der Waals surface area contributed by atoms with E-state index in [0.29, 0.717) is 11.7 Å². The number of hydrogen-bond donors (Lipinski definition) is 0. The van der Waals surface area contributed by atoms with Crippen molar-refractivity contribution in [3.8, 4) is 0 Å². The molecule has 0 radical (unpaired) electrons. The second-order valence-electron chi connectivity index (χ2n) is 4.65. The highest BCUT2D eigenvalue weighted by atomic mass is 16.1. The minimum Gasteiger partial charge on any atom is -0.298 e. The zero-order valence-electron chi connectivity index (χ0n) is 8.68. The minimum absolute atomic E-state index is 0.270. The van der Waals surface area contributed by atoms with Gasteiger partial charge in [-0.1, -0.05) is 20.3 Å². The fourth-order valence-corrected chi connectivity index (χ4v) is 3.12. The highest BCUT2D eigenvalue weighted by Gasteiger charge is 2.50. The van der Waals surface area contributed by atoms with Crippen molar-refractivity contribution in [1.82, 2.24) is 4.90 Å². The first-order chi connectivity index (χ1) is 6.19. The van der Waals surface area contributed by atoms with Gasteiger partial charge in [0, 0.05) is 12.0 Å². The van der Waals surface area contributed by atoms with Gasteiger partial charge in [-0.15, -0.1) is 0 Å². The normalized spacial score (nSPS) is 36.6. The lowest BCUT2D eigenvalue weighted by Gasteiger charge is -2.36. The minimum atomic E-state index is 0.270. The standard InChI is InChI=1S/C11H19NO/c1-3-9(2)11-5-4-6-12(11)8-10(13)7-11/h9H,3-8H2,1-2H3. The Kier molecular flexibility index (Phi) is 2.18. The number of carbonyl (C=O) groups excluding carboxylic acids is 1. The number of ketones is 1. The van der Waals surface area contributed by atoms with Crippen LogP contribution in [-0.4, -0.2) is 29.3 Å². The fraction of sp³-hybridized carbons (Fsp3) is 0.909. The molecule has 0 aliphatic carbocycles. The summed E-state index contributed by atoms with van der Waals surface area (Å²) < 4.78 is 0. The number of carbonyl (C=O) groups is 1. The van der Waals surface area contributed by atoms with Crippen molar-refractivity contribution >= 4 is 5.78 Å². The van der Waals surface area contributed by atoms with Crippen molar-refractivity contribution in [1.29, 1.82) is 0 Å². The Bertz CT molecular complexity index is 226. The van der Waals surface area contributed by atoms with Crippen LogP contribution in [0.2, 0.25) is 0 Å². The summed E-state index contributed by atoms with van der Waals surface area (Å²) in [6, 6.07) is 0. The summed E-state index contributed by atoms with van der Waals surface area (Å²) in [6.45, 7) is 6.41. The summed E-state index contributed by atoms with van der Waals surface area (Å²) in [7, 11) is 0. The van der Waals surface area contributed by atoms with Crippen molar-refractivity contribution in [3.05, 3.63) is 0 Å². The molecule has 0 N–H and O–H groups in total. The quantitative estimate of drug-likeness (QED) is 0.648. The molecule has 0 aromatic carbocycles. The van der Waals surface area contributed by atoms with Crippen molar-refractivity contribution in [2.45, 2.75) is 45.1 Å². The van der Waals surface area contributed by atoms with E-state index in [9.17, 15) is 4.79 Å². The number of nitrogens with zero attached hydrogens (tertiary/aromatic N) is 1. The molecule has 2 unspecified atom stereocenters. The summed E-state index contributed by atoms with van der Waals surface area (Å²) in [6.07, 6.45) is 4.55. The van der Waals surface area contributed by atoms with E-state index < -0.39 is 0 Å². The Labute approximate surface area is 80.3 Å². The summed E-state index contributed by atoms with van der Waals surface area (Å²) >= 11 is 0. The van der Waals surface area contributed by atoms with Crippen LogP contribution in [-0.2, 0) is 4.79 Å². The van der Waals surface area contributed by atoms with Crippen LogP contribution < -0.4 is 0 Å². The van der Waals surface area contributed by atoms with Crippen LogP contribution in [0.5, 0.6) is 0 Å². The summed E-state index contributed by atoms with van der Waals surface area (Å²) in [4.78, 5) is 13.9. The average molecular weight is 181 g/mol. The van der Waals surface area contributed by atoms with Crippen molar-refractivity contribution < 1.29 is 4.79 Å². The van der Waals surface area contributed by atoms with E-state index in [1.54, 1.807) is 0 Å². The molecule has 2 atom stereocenters. The molecule has 0 saturated carbocycles. The van der Waals surface area contributed by atoms with Crippen molar-refractivity contribution in [3.63, 3.8) is 0 Å². The molecule has 2 heterocycles. The zero-order chi connectivity index (χ0) is 9.47. The van der Waals surface area contributed by atoms with Crippen LogP contribution in [0.3, 0.4) is 0 Å². The van der Waals surface area contributed by atoms with Crippen LogP contribution in [0.1, 0.15) is 39.5 Å². The van der Waals surface area contributed by atoms with Crippen LogP contribution in [0.4, 0.5) is 0 Å². The Morgan fingerprint density at radius 2 is 2.38 bits per heavy atom. The maximum atomic E-state index is 11.4. The van der Waals surface area contributed by atoms with Gasteiger partial charge in [-0.05, 0) is 25.3 Å². The molecule has 2 aliphatic rings. The summed E-state index contributed by atoms with van der Waals surface area (Å²) in [5.41, 5.74) is 0.270. The molecule has 2 nitrogen and oxygen atoms in total. The van der Waals surface area contributed by atoms with E-state index in [4.69, 9.17) is 0 Å². The van der Waals surface area contributed by atoms with E-state index in [1.165, 1.54) is 19.3 Å². The third-order valence-electron chi connectivity index (χ3n) is 4.07. The molecule has 2 heteroatoms. The number of rotatable bonds is 2. The smallest absolute Gasteiger partial charge is 0.148 e. The van der Waals surface area contributed by atoms with Gasteiger partial charge >= 0.3 is 0 Å². The molecule has 13 heavy (non-hydrogen) atoms. The maximum absolute atomic E-state index is 11.4. The maximum Gasteiger partial charge on any atom is 0.148 e. The Morgan fingerprint density at radius 1 is 1.62 bits per heavy atom. The molecule has 0 aromatic heterocycles. The average Bonchev–Trinajstić information content (AvgIpc) is 2.59. The molecule has 0 spiro atoms. The Morgan fingerprint density at radius 3 is 3.08 bits per heavy atom. The van der Waals surface area contributed by atoms with Gasteiger partial charge in [-0.3, -0.25) is 9.69 Å². The van der Waals surface area contributed by atoms with Gasteiger partial charge in [0.05, 0.1) is 6.54 Å². The van der Waals surface area contributed by atoms with Gasteiger partial charge < -0.3 is 0 Å². The number of hydrogen-bond acceptors (Lipinski definition) is 2. The SMILES string of the molecule is CCC(C)C12CCCN1CC(=O)C2. The van der Waals surface area contributed by atoms with Gasteiger partial charge in [0.15, 0.2) is 0 Å².